The lowest BCUT2D eigenvalue weighted by Gasteiger charge is -2.29. The molecule has 102 valence electrons. The molecule has 0 aliphatic heterocycles. The van der Waals surface area contributed by atoms with Crippen LogP contribution >= 0.6 is 0 Å². The van der Waals surface area contributed by atoms with Crippen molar-refractivity contribution in [3.05, 3.63) is 29.3 Å². The van der Waals surface area contributed by atoms with E-state index >= 15 is 0 Å². The Morgan fingerprint density at radius 1 is 1.16 bits per heavy atom. The molecule has 2 saturated carbocycles. The van der Waals surface area contributed by atoms with Crippen LogP contribution in [0.2, 0.25) is 0 Å². The molecule has 2 heteroatoms. The van der Waals surface area contributed by atoms with Crippen LogP contribution in [0.3, 0.4) is 0 Å². The summed E-state index contributed by atoms with van der Waals surface area (Å²) < 4.78 is 6.21. The van der Waals surface area contributed by atoms with E-state index in [1.165, 1.54) is 32.1 Å². The molecule has 0 N–H and O–H groups in total. The number of carbonyl (C=O) groups is 1. The minimum absolute atomic E-state index is 0.117. The van der Waals surface area contributed by atoms with Crippen LogP contribution in [0.1, 0.15) is 54.9 Å². The summed E-state index contributed by atoms with van der Waals surface area (Å²) in [6, 6.07) is 5.81. The van der Waals surface area contributed by atoms with Crippen LogP contribution in [0.5, 0.6) is 5.75 Å². The molecule has 2 nitrogen and oxygen atoms in total. The molecule has 0 unspecified atom stereocenters. The third-order valence-corrected chi connectivity index (χ3v) is 4.80. The normalized spacial score (nSPS) is 29.3. The molecule has 0 radical (unpaired) electrons. The third kappa shape index (κ3) is 2.54. The first-order chi connectivity index (χ1) is 9.13. The van der Waals surface area contributed by atoms with Gasteiger partial charge in [0.15, 0.2) is 5.78 Å². The molecule has 0 saturated heterocycles. The molecule has 2 aliphatic rings. The minimum atomic E-state index is 0.117. The van der Waals surface area contributed by atoms with E-state index in [9.17, 15) is 4.79 Å². The SMILES string of the molecule is CC(=O)c1cccc(O[C@@H]2C[C@@H]3CC[C@@H](C3)C2)c1C. The van der Waals surface area contributed by atoms with Crippen molar-refractivity contribution in [1.29, 1.82) is 0 Å². The van der Waals surface area contributed by atoms with E-state index in [0.29, 0.717) is 6.10 Å². The van der Waals surface area contributed by atoms with Gasteiger partial charge >= 0.3 is 0 Å². The monoisotopic (exact) mass is 258 g/mol. The molecule has 2 fully saturated rings. The molecule has 0 heterocycles. The van der Waals surface area contributed by atoms with Crippen molar-refractivity contribution in [3.63, 3.8) is 0 Å². The van der Waals surface area contributed by atoms with Crippen molar-refractivity contribution >= 4 is 5.78 Å². The highest BCUT2D eigenvalue weighted by atomic mass is 16.5. The van der Waals surface area contributed by atoms with Crippen LogP contribution in [0.15, 0.2) is 18.2 Å². The van der Waals surface area contributed by atoms with Crippen molar-refractivity contribution in [3.8, 4) is 5.75 Å². The predicted molar refractivity (Wildman–Crippen MR) is 75.7 cm³/mol. The maximum absolute atomic E-state index is 11.6. The first kappa shape index (κ1) is 12.7. The van der Waals surface area contributed by atoms with E-state index in [1.54, 1.807) is 6.92 Å². The van der Waals surface area contributed by atoms with E-state index in [-0.39, 0.29) is 5.78 Å². The lowest BCUT2D eigenvalue weighted by Crippen LogP contribution is -2.26. The van der Waals surface area contributed by atoms with Crippen molar-refractivity contribution in [1.82, 2.24) is 0 Å². The Kier molecular flexibility index (Phi) is 3.34. The lowest BCUT2D eigenvalue weighted by atomic mass is 9.87. The zero-order valence-corrected chi connectivity index (χ0v) is 11.8. The molecular formula is C17H22O2. The Morgan fingerprint density at radius 2 is 1.84 bits per heavy atom. The summed E-state index contributed by atoms with van der Waals surface area (Å²) in [6.45, 7) is 3.61. The Balaban J connectivity index is 1.76. The summed E-state index contributed by atoms with van der Waals surface area (Å²) in [5, 5.41) is 0. The average Bonchev–Trinajstić information content (AvgIpc) is 2.71. The molecule has 2 bridgehead atoms. The van der Waals surface area contributed by atoms with Crippen molar-refractivity contribution in [2.24, 2.45) is 11.8 Å². The molecule has 19 heavy (non-hydrogen) atoms. The fourth-order valence-corrected chi connectivity index (χ4v) is 3.85. The molecule has 3 atom stereocenters. The number of rotatable bonds is 3. The Hall–Kier alpha value is -1.31. The molecule has 0 amide bonds. The molecule has 1 aromatic carbocycles. The molecule has 0 aromatic heterocycles. The summed E-state index contributed by atoms with van der Waals surface area (Å²) in [5.74, 6) is 2.77. The van der Waals surface area contributed by atoms with E-state index < -0.39 is 0 Å². The molecule has 3 rings (SSSR count). The first-order valence-electron chi connectivity index (χ1n) is 7.40. The lowest BCUT2D eigenvalue weighted by molar-refractivity contribution is 0.101. The molecule has 2 aliphatic carbocycles. The average molecular weight is 258 g/mol. The summed E-state index contributed by atoms with van der Waals surface area (Å²) in [4.78, 5) is 11.6. The quantitative estimate of drug-likeness (QED) is 0.761. The maximum atomic E-state index is 11.6. The van der Waals surface area contributed by atoms with Gasteiger partial charge in [-0.25, -0.2) is 0 Å². The summed E-state index contributed by atoms with van der Waals surface area (Å²) in [7, 11) is 0. The van der Waals surface area contributed by atoms with Gasteiger partial charge < -0.3 is 4.74 Å². The van der Waals surface area contributed by atoms with Crippen LogP contribution < -0.4 is 4.74 Å². The number of benzene rings is 1. The fourth-order valence-electron chi connectivity index (χ4n) is 3.85. The highest BCUT2D eigenvalue weighted by molar-refractivity contribution is 5.96. The van der Waals surface area contributed by atoms with Gasteiger partial charge in [-0.05, 0) is 51.0 Å². The van der Waals surface area contributed by atoms with Gasteiger partial charge in [-0.2, -0.15) is 0 Å². The van der Waals surface area contributed by atoms with Crippen molar-refractivity contribution in [2.45, 2.75) is 52.1 Å². The number of ether oxygens (including phenoxy) is 1. The van der Waals surface area contributed by atoms with Crippen LogP contribution in [0.4, 0.5) is 0 Å². The fraction of sp³-hybridized carbons (Fsp3) is 0.588. The number of ketones is 1. The van der Waals surface area contributed by atoms with Crippen molar-refractivity contribution < 1.29 is 9.53 Å². The van der Waals surface area contributed by atoms with Crippen LogP contribution in [-0.4, -0.2) is 11.9 Å². The van der Waals surface area contributed by atoms with Crippen LogP contribution in [0, 0.1) is 18.8 Å². The maximum Gasteiger partial charge on any atom is 0.160 e. The van der Waals surface area contributed by atoms with E-state index in [1.807, 2.05) is 25.1 Å². The number of hydrogen-bond donors (Lipinski definition) is 0. The van der Waals surface area contributed by atoms with Gasteiger partial charge in [-0.1, -0.05) is 25.0 Å². The molecular weight excluding hydrogens is 236 g/mol. The van der Waals surface area contributed by atoms with Crippen LogP contribution in [-0.2, 0) is 0 Å². The second-order valence-electron chi connectivity index (χ2n) is 6.24. The van der Waals surface area contributed by atoms with Gasteiger partial charge in [0.05, 0.1) is 6.10 Å². The molecule has 1 aromatic rings. The van der Waals surface area contributed by atoms with Gasteiger partial charge in [0, 0.05) is 11.1 Å². The molecule has 0 spiro atoms. The largest absolute Gasteiger partial charge is 0.490 e. The minimum Gasteiger partial charge on any atom is -0.490 e. The number of Topliss-reactive ketones (excluding diaryl/α,β-unsaturated/α-hetero) is 1. The highest BCUT2D eigenvalue weighted by Gasteiger charge is 2.35. The summed E-state index contributed by atoms with van der Waals surface area (Å²) in [5.41, 5.74) is 1.78. The van der Waals surface area contributed by atoms with E-state index in [2.05, 4.69) is 0 Å². The van der Waals surface area contributed by atoms with Gasteiger partial charge in [0.1, 0.15) is 5.75 Å². The summed E-state index contributed by atoms with van der Waals surface area (Å²) in [6.07, 6.45) is 6.92. The number of hydrogen-bond acceptors (Lipinski definition) is 2. The summed E-state index contributed by atoms with van der Waals surface area (Å²) >= 11 is 0. The van der Waals surface area contributed by atoms with Gasteiger partial charge in [0.2, 0.25) is 0 Å². The number of fused-ring (bicyclic) bond motifs is 2. The standard InChI is InChI=1S/C17H22O2/c1-11-16(12(2)18)4-3-5-17(11)19-15-9-13-6-7-14(8-13)10-15/h3-5,13-15H,6-10H2,1-2H3/t13-,14+,15-. The smallest absolute Gasteiger partial charge is 0.160 e. The Morgan fingerprint density at radius 3 is 2.47 bits per heavy atom. The van der Waals surface area contributed by atoms with Crippen LogP contribution in [0.25, 0.3) is 0 Å². The Labute approximate surface area is 115 Å². The zero-order valence-electron chi connectivity index (χ0n) is 11.8. The topological polar surface area (TPSA) is 26.3 Å². The highest BCUT2D eigenvalue weighted by Crippen LogP contribution is 2.43. The van der Waals surface area contributed by atoms with Gasteiger partial charge in [0.25, 0.3) is 0 Å². The second-order valence-corrected chi connectivity index (χ2v) is 6.24. The van der Waals surface area contributed by atoms with Crippen molar-refractivity contribution in [2.75, 3.05) is 0 Å². The van der Waals surface area contributed by atoms with Gasteiger partial charge in [-0.3, -0.25) is 4.79 Å². The zero-order chi connectivity index (χ0) is 13.4. The van der Waals surface area contributed by atoms with E-state index in [0.717, 1.165) is 28.7 Å². The van der Waals surface area contributed by atoms with E-state index in [4.69, 9.17) is 4.74 Å². The van der Waals surface area contributed by atoms with Gasteiger partial charge in [-0.15, -0.1) is 0 Å². The first-order valence-corrected chi connectivity index (χ1v) is 7.40. The third-order valence-electron chi connectivity index (χ3n) is 4.80. The number of carbonyl (C=O) groups excluding carboxylic acids is 1. The predicted octanol–water partition coefficient (Wildman–Crippen LogP) is 4.16. The Bertz CT molecular complexity index is 480. The second kappa shape index (κ2) is 4.99.